The van der Waals surface area contributed by atoms with Gasteiger partial charge in [-0.15, -0.1) is 11.8 Å². The van der Waals surface area contributed by atoms with E-state index in [9.17, 15) is 9.59 Å². The van der Waals surface area contributed by atoms with Crippen molar-refractivity contribution in [3.8, 4) is 0 Å². The molecule has 0 spiro atoms. The number of amides is 2. The Balaban J connectivity index is 1.28. The summed E-state index contributed by atoms with van der Waals surface area (Å²) in [6.07, 6.45) is 1.27. The fourth-order valence-electron chi connectivity index (χ4n) is 3.44. The van der Waals surface area contributed by atoms with Crippen molar-refractivity contribution < 1.29 is 9.59 Å². The van der Waals surface area contributed by atoms with Crippen LogP contribution < -0.4 is 10.2 Å². The van der Waals surface area contributed by atoms with Gasteiger partial charge in [0.1, 0.15) is 0 Å². The number of nitrogens with one attached hydrogen (secondary N) is 1. The summed E-state index contributed by atoms with van der Waals surface area (Å²) in [5, 5.41) is 2.91. The van der Waals surface area contributed by atoms with Gasteiger partial charge in [0, 0.05) is 22.8 Å². The minimum atomic E-state index is -0.0421. The van der Waals surface area contributed by atoms with Crippen molar-refractivity contribution in [3.05, 3.63) is 90.0 Å². The number of carbonyl (C=O) groups is 2. The second kappa shape index (κ2) is 8.97. The number of carbonyl (C=O) groups excluding carboxylic acids is 2. The van der Waals surface area contributed by atoms with Crippen LogP contribution >= 0.6 is 11.8 Å². The van der Waals surface area contributed by atoms with E-state index in [0.29, 0.717) is 12.2 Å². The van der Waals surface area contributed by atoms with Crippen LogP contribution in [0.3, 0.4) is 0 Å². The van der Waals surface area contributed by atoms with E-state index >= 15 is 0 Å². The lowest BCUT2D eigenvalue weighted by atomic mass is 10.1. The van der Waals surface area contributed by atoms with Gasteiger partial charge in [0.15, 0.2) is 0 Å². The van der Waals surface area contributed by atoms with Gasteiger partial charge in [-0.3, -0.25) is 9.59 Å². The molecule has 4 rings (SSSR count). The van der Waals surface area contributed by atoms with Crippen LogP contribution in [0.4, 0.5) is 11.4 Å². The van der Waals surface area contributed by atoms with Gasteiger partial charge < -0.3 is 10.2 Å². The average molecular weight is 403 g/mol. The summed E-state index contributed by atoms with van der Waals surface area (Å²) in [6.45, 7) is 0.755. The maximum atomic E-state index is 12.6. The molecule has 0 aliphatic carbocycles. The van der Waals surface area contributed by atoms with Gasteiger partial charge in [0.2, 0.25) is 11.8 Å². The fraction of sp³-hybridized carbons (Fsp3) is 0.167. The largest absolute Gasteiger partial charge is 0.326 e. The molecule has 3 aromatic carbocycles. The van der Waals surface area contributed by atoms with Gasteiger partial charge in [0.05, 0.1) is 12.2 Å². The Bertz CT molecular complexity index is 1000. The maximum absolute atomic E-state index is 12.6. The summed E-state index contributed by atoms with van der Waals surface area (Å²) in [6, 6.07) is 25.4. The predicted octanol–water partition coefficient (Wildman–Crippen LogP) is 4.55. The van der Waals surface area contributed by atoms with E-state index in [1.807, 2.05) is 77.7 Å². The number of thioether (sulfide) groups is 1. The van der Waals surface area contributed by atoms with Crippen LogP contribution in [0, 0.1) is 0 Å². The topological polar surface area (TPSA) is 49.4 Å². The van der Waals surface area contributed by atoms with E-state index in [0.717, 1.165) is 34.8 Å². The van der Waals surface area contributed by atoms with Crippen LogP contribution in [-0.4, -0.2) is 24.1 Å². The minimum Gasteiger partial charge on any atom is -0.326 e. The molecule has 0 aromatic heterocycles. The van der Waals surface area contributed by atoms with Crippen LogP contribution in [0.2, 0.25) is 0 Å². The summed E-state index contributed by atoms with van der Waals surface area (Å²) in [5.41, 5.74) is 4.02. The first-order chi connectivity index (χ1) is 14.2. The van der Waals surface area contributed by atoms with E-state index in [4.69, 9.17) is 0 Å². The molecule has 0 fully saturated rings. The van der Waals surface area contributed by atoms with E-state index < -0.39 is 0 Å². The number of nitrogens with zero attached hydrogens (tertiary/aromatic N) is 1. The molecule has 5 heteroatoms. The molecule has 0 radical (unpaired) electrons. The fourth-order valence-corrected chi connectivity index (χ4v) is 4.22. The first-order valence-electron chi connectivity index (χ1n) is 9.64. The number of hydrogen-bond acceptors (Lipinski definition) is 3. The molecule has 0 unspecified atom stereocenters. The molecule has 0 atom stereocenters. The lowest BCUT2D eigenvalue weighted by Crippen LogP contribution is -2.30. The van der Waals surface area contributed by atoms with Crippen molar-refractivity contribution in [2.24, 2.45) is 0 Å². The summed E-state index contributed by atoms with van der Waals surface area (Å²) >= 11 is 1.52. The highest BCUT2D eigenvalue weighted by Crippen LogP contribution is 2.29. The molecule has 2 amide bonds. The minimum absolute atomic E-state index is 0.0421. The Morgan fingerprint density at radius 3 is 2.41 bits per heavy atom. The Labute approximate surface area is 174 Å². The maximum Gasteiger partial charge on any atom is 0.237 e. The standard InChI is InChI=1S/C24H22N2O2S/c27-23(16-18-6-2-1-3-7-18)25-20-10-12-21(13-11-20)29-17-24(28)26-15-14-19-8-4-5-9-22(19)26/h1-13H,14-17H2,(H,25,27). The lowest BCUT2D eigenvalue weighted by Gasteiger charge is -2.17. The van der Waals surface area contributed by atoms with E-state index in [1.165, 1.54) is 17.3 Å². The Kier molecular flexibility index (Phi) is 5.96. The van der Waals surface area contributed by atoms with Crippen molar-refractivity contribution >= 4 is 35.0 Å². The third kappa shape index (κ3) is 4.87. The quantitative estimate of drug-likeness (QED) is 0.616. The summed E-state index contributed by atoms with van der Waals surface area (Å²) < 4.78 is 0. The molecule has 3 aromatic rings. The predicted molar refractivity (Wildman–Crippen MR) is 118 cm³/mol. The first-order valence-corrected chi connectivity index (χ1v) is 10.6. The molecule has 0 saturated heterocycles. The van der Waals surface area contributed by atoms with E-state index in [-0.39, 0.29) is 11.8 Å². The molecule has 1 aliphatic rings. The molecule has 0 bridgehead atoms. The molecule has 1 N–H and O–H groups in total. The van der Waals surface area contributed by atoms with Crippen molar-refractivity contribution in [2.75, 3.05) is 22.5 Å². The van der Waals surface area contributed by atoms with Crippen LogP contribution in [0.25, 0.3) is 0 Å². The number of rotatable bonds is 6. The number of hydrogen-bond donors (Lipinski definition) is 1. The zero-order valence-corrected chi connectivity index (χ0v) is 16.8. The molecular formula is C24H22N2O2S. The van der Waals surface area contributed by atoms with Crippen molar-refractivity contribution in [3.63, 3.8) is 0 Å². The molecule has 1 heterocycles. The summed E-state index contributed by atoms with van der Waals surface area (Å²) in [4.78, 5) is 27.7. The van der Waals surface area contributed by atoms with Crippen LogP contribution in [0.5, 0.6) is 0 Å². The highest BCUT2D eigenvalue weighted by atomic mass is 32.2. The Morgan fingerprint density at radius 2 is 1.62 bits per heavy atom. The molecule has 0 saturated carbocycles. The van der Waals surface area contributed by atoms with Crippen LogP contribution in [0.1, 0.15) is 11.1 Å². The lowest BCUT2D eigenvalue weighted by molar-refractivity contribution is -0.116. The second-order valence-corrected chi connectivity index (χ2v) is 8.00. The number of anilines is 2. The Morgan fingerprint density at radius 1 is 0.897 bits per heavy atom. The van der Waals surface area contributed by atoms with Crippen LogP contribution in [0.15, 0.2) is 83.8 Å². The molecule has 146 valence electrons. The van der Waals surface area contributed by atoms with Crippen molar-refractivity contribution in [2.45, 2.75) is 17.7 Å². The van der Waals surface area contributed by atoms with Gasteiger partial charge in [-0.1, -0.05) is 48.5 Å². The smallest absolute Gasteiger partial charge is 0.237 e. The van der Waals surface area contributed by atoms with Gasteiger partial charge in [-0.2, -0.15) is 0 Å². The number of fused-ring (bicyclic) bond motifs is 1. The van der Waals surface area contributed by atoms with Crippen LogP contribution in [-0.2, 0) is 22.4 Å². The van der Waals surface area contributed by atoms with Crippen molar-refractivity contribution in [1.29, 1.82) is 0 Å². The molecular weight excluding hydrogens is 380 g/mol. The first kappa shape index (κ1) is 19.3. The third-order valence-corrected chi connectivity index (χ3v) is 5.89. The average Bonchev–Trinajstić information content (AvgIpc) is 3.18. The number of para-hydroxylation sites is 1. The SMILES string of the molecule is O=C(Cc1ccccc1)Nc1ccc(SCC(=O)N2CCc3ccccc32)cc1. The molecule has 1 aliphatic heterocycles. The highest BCUT2D eigenvalue weighted by Gasteiger charge is 2.23. The van der Waals surface area contributed by atoms with E-state index in [2.05, 4.69) is 11.4 Å². The van der Waals surface area contributed by atoms with Gasteiger partial charge in [0.25, 0.3) is 0 Å². The summed E-state index contributed by atoms with van der Waals surface area (Å²) in [5.74, 6) is 0.480. The molecule has 4 nitrogen and oxygen atoms in total. The normalized spacial score (nSPS) is 12.5. The second-order valence-electron chi connectivity index (χ2n) is 6.95. The van der Waals surface area contributed by atoms with Gasteiger partial charge in [-0.05, 0) is 47.9 Å². The third-order valence-electron chi connectivity index (χ3n) is 4.90. The zero-order valence-electron chi connectivity index (χ0n) is 16.0. The highest BCUT2D eigenvalue weighted by molar-refractivity contribution is 8.00. The monoisotopic (exact) mass is 402 g/mol. The van der Waals surface area contributed by atoms with Crippen molar-refractivity contribution in [1.82, 2.24) is 0 Å². The molecule has 29 heavy (non-hydrogen) atoms. The number of benzene rings is 3. The van der Waals surface area contributed by atoms with Gasteiger partial charge in [-0.25, -0.2) is 0 Å². The summed E-state index contributed by atoms with van der Waals surface area (Å²) in [7, 11) is 0. The van der Waals surface area contributed by atoms with Gasteiger partial charge >= 0.3 is 0 Å². The van der Waals surface area contributed by atoms with E-state index in [1.54, 1.807) is 0 Å². The Hall–Kier alpha value is -3.05. The zero-order chi connectivity index (χ0) is 20.1.